The van der Waals surface area contributed by atoms with Gasteiger partial charge in [-0.1, -0.05) is 32.0 Å². The van der Waals surface area contributed by atoms with Gasteiger partial charge in [0, 0.05) is 5.41 Å². The first kappa shape index (κ1) is 13.8. The van der Waals surface area contributed by atoms with E-state index in [1.54, 1.807) is 6.92 Å². The lowest BCUT2D eigenvalue weighted by Gasteiger charge is -2.07. The third-order valence-corrected chi connectivity index (χ3v) is 3.81. The van der Waals surface area contributed by atoms with Crippen LogP contribution in [0.2, 0.25) is 0 Å². The van der Waals surface area contributed by atoms with E-state index in [2.05, 4.69) is 6.92 Å². The van der Waals surface area contributed by atoms with Crippen molar-refractivity contribution < 1.29 is 13.2 Å². The molecule has 0 saturated heterocycles. The highest BCUT2D eigenvalue weighted by atomic mass is 32.2. The standard InChI is InChI=1S/C13H18O3S/c1-3-12-8-5-6-9-13(12)16-10-7-11-17(14,15)4-2/h5-9,11H,3-4,10H2,1-2H3. The minimum atomic E-state index is -3.05. The van der Waals surface area contributed by atoms with Crippen molar-refractivity contribution in [3.05, 3.63) is 41.3 Å². The van der Waals surface area contributed by atoms with E-state index >= 15 is 0 Å². The summed E-state index contributed by atoms with van der Waals surface area (Å²) in [5, 5.41) is 1.21. The Kier molecular flexibility index (Phi) is 5.22. The van der Waals surface area contributed by atoms with Crippen LogP contribution in [0.5, 0.6) is 5.75 Å². The van der Waals surface area contributed by atoms with E-state index in [1.807, 2.05) is 24.3 Å². The molecule has 0 aliphatic rings. The Bertz CT molecular complexity index is 475. The maximum atomic E-state index is 11.2. The third-order valence-electron chi connectivity index (χ3n) is 2.39. The van der Waals surface area contributed by atoms with Crippen molar-refractivity contribution in [3.8, 4) is 5.75 Å². The molecule has 0 atom stereocenters. The van der Waals surface area contributed by atoms with Crippen molar-refractivity contribution in [1.29, 1.82) is 0 Å². The molecule has 4 heteroatoms. The number of hydrogen-bond acceptors (Lipinski definition) is 3. The van der Waals surface area contributed by atoms with Crippen LogP contribution in [0, 0.1) is 0 Å². The number of benzene rings is 1. The third kappa shape index (κ3) is 4.61. The van der Waals surface area contributed by atoms with Crippen LogP contribution >= 0.6 is 0 Å². The van der Waals surface area contributed by atoms with E-state index in [0.717, 1.165) is 17.7 Å². The second-order valence-corrected chi connectivity index (χ2v) is 5.77. The lowest BCUT2D eigenvalue weighted by molar-refractivity contribution is 0.359. The highest BCUT2D eigenvalue weighted by Gasteiger charge is 2.01. The first-order chi connectivity index (χ1) is 8.09. The molecular formula is C13H18O3S. The van der Waals surface area contributed by atoms with Crippen molar-refractivity contribution >= 4 is 9.84 Å². The maximum absolute atomic E-state index is 11.2. The van der Waals surface area contributed by atoms with Gasteiger partial charge in [0.05, 0.1) is 5.75 Å². The molecule has 0 N–H and O–H groups in total. The predicted molar refractivity (Wildman–Crippen MR) is 69.9 cm³/mol. The fourth-order valence-corrected chi connectivity index (χ4v) is 1.92. The van der Waals surface area contributed by atoms with Crippen LogP contribution in [-0.2, 0) is 16.3 Å². The first-order valence-electron chi connectivity index (χ1n) is 5.69. The van der Waals surface area contributed by atoms with Gasteiger partial charge in [-0.25, -0.2) is 8.42 Å². The first-order valence-corrected chi connectivity index (χ1v) is 7.40. The molecule has 3 nitrogen and oxygen atoms in total. The topological polar surface area (TPSA) is 43.4 Å². The largest absolute Gasteiger partial charge is 0.489 e. The molecule has 0 aromatic heterocycles. The van der Waals surface area contributed by atoms with Crippen LogP contribution in [0.3, 0.4) is 0 Å². The van der Waals surface area contributed by atoms with E-state index in [1.165, 1.54) is 11.5 Å². The number of sulfone groups is 1. The van der Waals surface area contributed by atoms with Gasteiger partial charge < -0.3 is 4.74 Å². The fraction of sp³-hybridized carbons (Fsp3) is 0.385. The maximum Gasteiger partial charge on any atom is 0.171 e. The van der Waals surface area contributed by atoms with E-state index in [4.69, 9.17) is 4.74 Å². The minimum Gasteiger partial charge on any atom is -0.489 e. The smallest absolute Gasteiger partial charge is 0.171 e. The van der Waals surface area contributed by atoms with Gasteiger partial charge in [0.1, 0.15) is 12.4 Å². The zero-order valence-electron chi connectivity index (χ0n) is 10.2. The molecule has 0 aliphatic heterocycles. The molecule has 0 spiro atoms. The molecule has 0 bridgehead atoms. The highest BCUT2D eigenvalue weighted by Crippen LogP contribution is 2.18. The number of para-hydroxylation sites is 1. The van der Waals surface area contributed by atoms with Crippen LogP contribution in [0.25, 0.3) is 0 Å². The Morgan fingerprint density at radius 2 is 1.94 bits per heavy atom. The molecule has 94 valence electrons. The SMILES string of the molecule is CCc1ccccc1OCC=CS(=O)(=O)CC. The van der Waals surface area contributed by atoms with Crippen molar-refractivity contribution in [2.75, 3.05) is 12.4 Å². The van der Waals surface area contributed by atoms with Crippen molar-refractivity contribution in [2.24, 2.45) is 0 Å². The lowest BCUT2D eigenvalue weighted by atomic mass is 10.1. The van der Waals surface area contributed by atoms with Crippen LogP contribution in [-0.4, -0.2) is 20.8 Å². The van der Waals surface area contributed by atoms with E-state index in [9.17, 15) is 8.42 Å². The quantitative estimate of drug-likeness (QED) is 0.783. The molecular weight excluding hydrogens is 236 g/mol. The summed E-state index contributed by atoms with van der Waals surface area (Å²) in [6.07, 6.45) is 2.43. The molecule has 0 heterocycles. The Morgan fingerprint density at radius 1 is 1.24 bits per heavy atom. The van der Waals surface area contributed by atoms with Gasteiger partial charge in [-0.2, -0.15) is 0 Å². The molecule has 0 aliphatic carbocycles. The second-order valence-electron chi connectivity index (χ2n) is 3.60. The average molecular weight is 254 g/mol. The molecule has 0 fully saturated rings. The van der Waals surface area contributed by atoms with E-state index < -0.39 is 9.84 Å². The van der Waals surface area contributed by atoms with Crippen molar-refractivity contribution in [1.82, 2.24) is 0 Å². The Morgan fingerprint density at radius 3 is 2.59 bits per heavy atom. The van der Waals surface area contributed by atoms with Gasteiger partial charge in [-0.15, -0.1) is 0 Å². The zero-order valence-corrected chi connectivity index (χ0v) is 11.0. The van der Waals surface area contributed by atoms with E-state index in [0.29, 0.717) is 0 Å². The van der Waals surface area contributed by atoms with Crippen LogP contribution in [0.1, 0.15) is 19.4 Å². The summed E-state index contributed by atoms with van der Waals surface area (Å²) in [5.74, 6) is 0.934. The van der Waals surface area contributed by atoms with Crippen LogP contribution in [0.4, 0.5) is 0 Å². The van der Waals surface area contributed by atoms with Gasteiger partial charge in [0.2, 0.25) is 0 Å². The Balaban J connectivity index is 2.57. The Hall–Kier alpha value is -1.29. The van der Waals surface area contributed by atoms with Crippen LogP contribution < -0.4 is 4.74 Å². The minimum absolute atomic E-state index is 0.120. The number of aryl methyl sites for hydroxylation is 1. The molecule has 0 saturated carbocycles. The molecule has 1 aromatic rings. The number of ether oxygens (including phenoxy) is 1. The normalized spacial score (nSPS) is 11.9. The molecule has 0 radical (unpaired) electrons. The van der Waals surface area contributed by atoms with Gasteiger partial charge >= 0.3 is 0 Å². The number of rotatable bonds is 6. The number of hydrogen-bond donors (Lipinski definition) is 0. The fourth-order valence-electron chi connectivity index (χ4n) is 1.36. The summed E-state index contributed by atoms with van der Waals surface area (Å²) < 4.78 is 27.9. The van der Waals surface area contributed by atoms with Crippen LogP contribution in [0.15, 0.2) is 35.7 Å². The van der Waals surface area contributed by atoms with Crippen molar-refractivity contribution in [3.63, 3.8) is 0 Å². The monoisotopic (exact) mass is 254 g/mol. The summed E-state index contributed by atoms with van der Waals surface area (Å²) in [5.41, 5.74) is 1.12. The molecule has 0 amide bonds. The lowest BCUT2D eigenvalue weighted by Crippen LogP contribution is -2.00. The van der Waals surface area contributed by atoms with Gasteiger partial charge in [-0.3, -0.25) is 0 Å². The molecule has 0 unspecified atom stereocenters. The van der Waals surface area contributed by atoms with Crippen molar-refractivity contribution in [2.45, 2.75) is 20.3 Å². The summed E-state index contributed by atoms with van der Waals surface area (Å²) >= 11 is 0. The van der Waals surface area contributed by atoms with E-state index in [-0.39, 0.29) is 12.4 Å². The summed E-state index contributed by atoms with van der Waals surface area (Å²) in [7, 11) is -3.05. The predicted octanol–water partition coefficient (Wildman–Crippen LogP) is 2.58. The Labute approximate surface area is 103 Å². The summed E-state index contributed by atoms with van der Waals surface area (Å²) in [6, 6.07) is 7.76. The van der Waals surface area contributed by atoms with Gasteiger partial charge in [-0.05, 0) is 24.1 Å². The molecule has 17 heavy (non-hydrogen) atoms. The summed E-state index contributed by atoms with van der Waals surface area (Å²) in [4.78, 5) is 0. The highest BCUT2D eigenvalue weighted by molar-refractivity contribution is 7.94. The summed E-state index contributed by atoms with van der Waals surface area (Å²) in [6.45, 7) is 3.95. The van der Waals surface area contributed by atoms with Gasteiger partial charge in [0.15, 0.2) is 9.84 Å². The zero-order chi connectivity index (χ0) is 12.7. The second kappa shape index (κ2) is 6.45. The molecule has 1 rings (SSSR count). The average Bonchev–Trinajstić information content (AvgIpc) is 2.35. The molecule has 1 aromatic carbocycles. The van der Waals surface area contributed by atoms with Gasteiger partial charge in [0.25, 0.3) is 0 Å².